The van der Waals surface area contributed by atoms with Crippen LogP contribution in [0, 0.1) is 0 Å². The maximum absolute atomic E-state index is 12.2. The first-order valence-electron chi connectivity index (χ1n) is 8.01. The molecule has 1 amide bonds. The predicted octanol–water partition coefficient (Wildman–Crippen LogP) is 2.56. The number of aromatic hydroxyl groups is 1. The Kier molecular flexibility index (Phi) is 5.36. The van der Waals surface area contributed by atoms with Crippen LogP contribution in [-0.4, -0.2) is 41.6 Å². The van der Waals surface area contributed by atoms with Gasteiger partial charge in [-0.15, -0.1) is 0 Å². The molecule has 0 bridgehead atoms. The van der Waals surface area contributed by atoms with Gasteiger partial charge in [0.2, 0.25) is 0 Å². The number of benzene rings is 2. The standard InChI is InChI=1S/C19H18N4O4/c1-26-13-7-8-18(27-2)14(9-13)15-10-16(22-21-15)19(25)23-20-11-12-5-3-4-6-17(12)24/h3-11,24H,1-2H3,(H,21,22)(H,23,25). The highest BCUT2D eigenvalue weighted by atomic mass is 16.5. The van der Waals surface area contributed by atoms with Crippen LogP contribution in [0.3, 0.4) is 0 Å². The van der Waals surface area contributed by atoms with Gasteiger partial charge in [-0.2, -0.15) is 10.2 Å². The molecule has 3 N–H and O–H groups in total. The molecule has 0 saturated heterocycles. The molecule has 0 fully saturated rings. The second kappa shape index (κ2) is 8.05. The molecule has 3 aromatic rings. The quantitative estimate of drug-likeness (QED) is 0.459. The van der Waals surface area contributed by atoms with Crippen molar-refractivity contribution in [1.29, 1.82) is 0 Å². The van der Waals surface area contributed by atoms with Gasteiger partial charge in [-0.05, 0) is 36.4 Å². The van der Waals surface area contributed by atoms with E-state index in [1.54, 1.807) is 56.7 Å². The lowest BCUT2D eigenvalue weighted by molar-refractivity contribution is 0.0950. The van der Waals surface area contributed by atoms with Crippen molar-refractivity contribution in [2.24, 2.45) is 5.10 Å². The Morgan fingerprint density at radius 1 is 1.19 bits per heavy atom. The van der Waals surface area contributed by atoms with E-state index in [1.807, 2.05) is 0 Å². The summed E-state index contributed by atoms with van der Waals surface area (Å²) in [5.41, 5.74) is 4.31. The predicted molar refractivity (Wildman–Crippen MR) is 100 cm³/mol. The molecule has 3 rings (SSSR count). The molecule has 0 saturated carbocycles. The van der Waals surface area contributed by atoms with Gasteiger partial charge >= 0.3 is 0 Å². The number of hydrogen-bond donors (Lipinski definition) is 3. The summed E-state index contributed by atoms with van der Waals surface area (Å²) in [6, 6.07) is 13.6. The zero-order valence-corrected chi connectivity index (χ0v) is 14.8. The summed E-state index contributed by atoms with van der Waals surface area (Å²) in [4.78, 5) is 12.2. The van der Waals surface area contributed by atoms with Crippen LogP contribution in [-0.2, 0) is 0 Å². The van der Waals surface area contributed by atoms with E-state index in [4.69, 9.17) is 9.47 Å². The first-order chi connectivity index (χ1) is 13.1. The number of nitrogens with one attached hydrogen (secondary N) is 2. The zero-order chi connectivity index (χ0) is 19.2. The van der Waals surface area contributed by atoms with Crippen molar-refractivity contribution in [3.05, 3.63) is 59.8 Å². The lowest BCUT2D eigenvalue weighted by Gasteiger charge is -2.08. The van der Waals surface area contributed by atoms with Gasteiger partial charge < -0.3 is 14.6 Å². The first-order valence-corrected chi connectivity index (χ1v) is 8.01. The smallest absolute Gasteiger partial charge is 0.289 e. The molecule has 2 aromatic carbocycles. The third-order valence-corrected chi connectivity index (χ3v) is 3.81. The van der Waals surface area contributed by atoms with Crippen molar-refractivity contribution in [3.8, 4) is 28.5 Å². The second-order valence-corrected chi connectivity index (χ2v) is 5.49. The van der Waals surface area contributed by atoms with E-state index in [0.717, 1.165) is 0 Å². The van der Waals surface area contributed by atoms with E-state index >= 15 is 0 Å². The fourth-order valence-corrected chi connectivity index (χ4v) is 2.41. The summed E-state index contributed by atoms with van der Waals surface area (Å²) in [7, 11) is 3.12. The molecule has 0 radical (unpaired) electrons. The Morgan fingerprint density at radius 3 is 2.74 bits per heavy atom. The molecule has 27 heavy (non-hydrogen) atoms. The summed E-state index contributed by atoms with van der Waals surface area (Å²) in [5.74, 6) is 0.852. The van der Waals surface area contributed by atoms with Crippen LogP contribution in [0.1, 0.15) is 16.1 Å². The molecule has 0 spiro atoms. The number of hydrazone groups is 1. The summed E-state index contributed by atoms with van der Waals surface area (Å²) >= 11 is 0. The van der Waals surface area contributed by atoms with Gasteiger partial charge in [-0.25, -0.2) is 5.43 Å². The highest BCUT2D eigenvalue weighted by Crippen LogP contribution is 2.32. The second-order valence-electron chi connectivity index (χ2n) is 5.49. The van der Waals surface area contributed by atoms with E-state index in [2.05, 4.69) is 20.7 Å². The van der Waals surface area contributed by atoms with E-state index in [9.17, 15) is 9.90 Å². The van der Waals surface area contributed by atoms with Gasteiger partial charge in [-0.3, -0.25) is 9.89 Å². The molecule has 0 aliphatic rings. The number of carbonyl (C=O) groups excluding carboxylic acids is 1. The SMILES string of the molecule is COc1ccc(OC)c(-c2cc(C(=O)NN=Cc3ccccc3O)[nH]n2)c1. The molecule has 0 aliphatic carbocycles. The Labute approximate surface area is 155 Å². The number of methoxy groups -OCH3 is 2. The van der Waals surface area contributed by atoms with Crippen molar-refractivity contribution in [2.45, 2.75) is 0 Å². The number of nitrogens with zero attached hydrogens (tertiary/aromatic N) is 2. The third kappa shape index (κ3) is 4.06. The number of H-pyrrole nitrogens is 1. The van der Waals surface area contributed by atoms with Crippen molar-refractivity contribution < 1.29 is 19.4 Å². The highest BCUT2D eigenvalue weighted by Gasteiger charge is 2.14. The van der Waals surface area contributed by atoms with Crippen molar-refractivity contribution in [1.82, 2.24) is 15.6 Å². The number of para-hydroxylation sites is 1. The van der Waals surface area contributed by atoms with Crippen molar-refractivity contribution in [3.63, 3.8) is 0 Å². The number of carbonyl (C=O) groups is 1. The van der Waals surface area contributed by atoms with E-state index in [0.29, 0.717) is 28.3 Å². The largest absolute Gasteiger partial charge is 0.507 e. The number of hydrogen-bond acceptors (Lipinski definition) is 6. The molecule has 1 heterocycles. The van der Waals surface area contributed by atoms with Crippen LogP contribution in [0.2, 0.25) is 0 Å². The van der Waals surface area contributed by atoms with Crippen molar-refractivity contribution >= 4 is 12.1 Å². The first kappa shape index (κ1) is 18.0. The fourth-order valence-electron chi connectivity index (χ4n) is 2.41. The lowest BCUT2D eigenvalue weighted by Crippen LogP contribution is -2.18. The van der Waals surface area contributed by atoms with Gasteiger partial charge in [0.05, 0.1) is 26.1 Å². The van der Waals surface area contributed by atoms with Crippen LogP contribution in [0.25, 0.3) is 11.3 Å². The molecular formula is C19H18N4O4. The topological polar surface area (TPSA) is 109 Å². The molecule has 0 aliphatic heterocycles. The lowest BCUT2D eigenvalue weighted by atomic mass is 10.1. The number of amides is 1. The van der Waals surface area contributed by atoms with Crippen molar-refractivity contribution in [2.75, 3.05) is 14.2 Å². The Balaban J connectivity index is 1.76. The molecule has 8 nitrogen and oxygen atoms in total. The average molecular weight is 366 g/mol. The minimum absolute atomic E-state index is 0.0736. The summed E-state index contributed by atoms with van der Waals surface area (Å²) in [5, 5.41) is 20.3. The highest BCUT2D eigenvalue weighted by molar-refractivity contribution is 5.94. The number of rotatable bonds is 6. The molecular weight excluding hydrogens is 348 g/mol. The van der Waals surface area contributed by atoms with Crippen LogP contribution in [0.5, 0.6) is 17.2 Å². The third-order valence-electron chi connectivity index (χ3n) is 3.81. The summed E-state index contributed by atoms with van der Waals surface area (Å²) < 4.78 is 10.6. The normalized spacial score (nSPS) is 10.7. The fraction of sp³-hybridized carbons (Fsp3) is 0.105. The minimum atomic E-state index is -0.470. The number of aromatic nitrogens is 2. The molecule has 138 valence electrons. The van der Waals surface area contributed by atoms with Crippen LogP contribution in [0.4, 0.5) is 0 Å². The number of phenols is 1. The maximum atomic E-state index is 12.2. The van der Waals surface area contributed by atoms with Crippen LogP contribution < -0.4 is 14.9 Å². The van der Waals surface area contributed by atoms with Gasteiger partial charge in [-0.1, -0.05) is 12.1 Å². The summed E-state index contributed by atoms with van der Waals surface area (Å²) in [6.45, 7) is 0. The van der Waals surface area contributed by atoms with Gasteiger partial charge in [0.15, 0.2) is 0 Å². The Morgan fingerprint density at radius 2 is 2.00 bits per heavy atom. The Hall–Kier alpha value is -3.81. The van der Waals surface area contributed by atoms with Gasteiger partial charge in [0.25, 0.3) is 5.91 Å². The summed E-state index contributed by atoms with van der Waals surface area (Å²) in [6.07, 6.45) is 1.36. The number of aromatic amines is 1. The van der Waals surface area contributed by atoms with E-state index in [1.165, 1.54) is 12.3 Å². The molecule has 0 unspecified atom stereocenters. The van der Waals surface area contributed by atoms with Gasteiger partial charge in [0, 0.05) is 11.1 Å². The Bertz CT molecular complexity index is 981. The zero-order valence-electron chi connectivity index (χ0n) is 14.8. The van der Waals surface area contributed by atoms with Gasteiger partial charge in [0.1, 0.15) is 22.9 Å². The molecule has 0 atom stereocenters. The molecule has 1 aromatic heterocycles. The van der Waals surface area contributed by atoms with Crippen LogP contribution in [0.15, 0.2) is 53.6 Å². The number of ether oxygens (including phenoxy) is 2. The van der Waals surface area contributed by atoms with E-state index in [-0.39, 0.29) is 11.4 Å². The monoisotopic (exact) mass is 366 g/mol. The maximum Gasteiger partial charge on any atom is 0.289 e. The van der Waals surface area contributed by atoms with Crippen LogP contribution >= 0.6 is 0 Å². The average Bonchev–Trinajstić information content (AvgIpc) is 3.19. The minimum Gasteiger partial charge on any atom is -0.507 e. The van der Waals surface area contributed by atoms with E-state index < -0.39 is 5.91 Å². The number of phenolic OH excluding ortho intramolecular Hbond substituents is 1. The molecule has 8 heteroatoms.